The Hall–Kier alpha value is -2.68. The van der Waals surface area contributed by atoms with Crippen LogP contribution in [0.3, 0.4) is 0 Å². The third kappa shape index (κ3) is 3.55. The summed E-state index contributed by atoms with van der Waals surface area (Å²) >= 11 is 0.552. The van der Waals surface area contributed by atoms with Crippen molar-refractivity contribution in [3.8, 4) is 11.3 Å². The van der Waals surface area contributed by atoms with E-state index in [1.54, 1.807) is 44.4 Å². The van der Waals surface area contributed by atoms with Crippen LogP contribution in [-0.2, 0) is 13.2 Å². The van der Waals surface area contributed by atoms with Gasteiger partial charge in [0.25, 0.3) is 5.91 Å². The van der Waals surface area contributed by atoms with Gasteiger partial charge in [0.05, 0.1) is 11.9 Å². The summed E-state index contributed by atoms with van der Waals surface area (Å²) in [6.45, 7) is 1.78. The maximum Gasteiger partial charge on any atom is 0.443 e. The number of alkyl halides is 3. The van der Waals surface area contributed by atoms with E-state index in [-0.39, 0.29) is 11.6 Å². The second-order valence-electron chi connectivity index (χ2n) is 5.37. The molecule has 0 radical (unpaired) electrons. The number of amides is 1. The van der Waals surface area contributed by atoms with Crippen LogP contribution in [0.15, 0.2) is 35.8 Å². The summed E-state index contributed by atoms with van der Waals surface area (Å²) in [4.78, 5) is 15.9. The van der Waals surface area contributed by atoms with Crippen LogP contribution in [0.4, 0.5) is 18.9 Å². The molecule has 9 heteroatoms. The summed E-state index contributed by atoms with van der Waals surface area (Å²) < 4.78 is 39.3. The molecule has 3 rings (SSSR count). The second-order valence-corrected chi connectivity index (χ2v) is 6.23. The molecule has 0 aliphatic rings. The molecular formula is C16H13F3N4OS. The van der Waals surface area contributed by atoms with Crippen molar-refractivity contribution in [3.05, 3.63) is 52.1 Å². The topological polar surface area (TPSA) is 59.8 Å². The molecule has 2 aromatic heterocycles. The summed E-state index contributed by atoms with van der Waals surface area (Å²) in [5.41, 5.74) is 2.51. The Morgan fingerprint density at radius 3 is 2.44 bits per heavy atom. The van der Waals surface area contributed by atoms with Gasteiger partial charge in [0, 0.05) is 23.7 Å². The van der Waals surface area contributed by atoms with E-state index >= 15 is 0 Å². The molecule has 0 saturated heterocycles. The Bertz CT molecular complexity index is 893. The van der Waals surface area contributed by atoms with Crippen LogP contribution >= 0.6 is 11.3 Å². The summed E-state index contributed by atoms with van der Waals surface area (Å²) in [5.74, 6) is -0.307. The van der Waals surface area contributed by atoms with Crippen LogP contribution in [0.25, 0.3) is 11.3 Å². The number of benzene rings is 1. The van der Waals surface area contributed by atoms with Gasteiger partial charge >= 0.3 is 6.18 Å². The van der Waals surface area contributed by atoms with Crippen LogP contribution < -0.4 is 5.32 Å². The van der Waals surface area contributed by atoms with E-state index in [0.29, 0.717) is 28.3 Å². The van der Waals surface area contributed by atoms with E-state index < -0.39 is 11.2 Å². The summed E-state index contributed by atoms with van der Waals surface area (Å²) in [5, 5.41) is 7.22. The molecule has 2 heterocycles. The predicted octanol–water partition coefficient (Wildman–Crippen LogP) is 4.12. The standard InChI is InChI=1S/C16H13F3N4OS/c1-9-7-20-23(2)13(9)14(24)21-11-5-3-10(4-6-11)12-8-25-15(22-12)16(17,18)19/h3-8H,1-2H3,(H,21,24). The van der Waals surface area contributed by atoms with E-state index in [1.165, 1.54) is 10.1 Å². The predicted molar refractivity (Wildman–Crippen MR) is 88.5 cm³/mol. The smallest absolute Gasteiger partial charge is 0.321 e. The highest BCUT2D eigenvalue weighted by Crippen LogP contribution is 2.34. The lowest BCUT2D eigenvalue weighted by Crippen LogP contribution is -2.17. The third-order valence-electron chi connectivity index (χ3n) is 3.52. The maximum atomic E-state index is 12.6. The fraction of sp³-hybridized carbons (Fsp3) is 0.188. The lowest BCUT2D eigenvalue weighted by Gasteiger charge is -2.07. The van der Waals surface area contributed by atoms with E-state index in [4.69, 9.17) is 0 Å². The maximum absolute atomic E-state index is 12.6. The minimum atomic E-state index is -4.45. The van der Waals surface area contributed by atoms with Crippen LogP contribution in [0.5, 0.6) is 0 Å². The number of thiazole rings is 1. The molecule has 1 N–H and O–H groups in total. The summed E-state index contributed by atoms with van der Waals surface area (Å²) in [7, 11) is 1.67. The molecule has 1 amide bonds. The first-order valence-corrected chi connectivity index (χ1v) is 8.07. The molecule has 0 atom stereocenters. The fourth-order valence-corrected chi connectivity index (χ4v) is 3.02. The molecule has 0 aliphatic carbocycles. The van der Waals surface area contributed by atoms with Gasteiger partial charge in [-0.2, -0.15) is 18.3 Å². The molecule has 5 nitrogen and oxygen atoms in total. The van der Waals surface area contributed by atoms with Gasteiger partial charge in [-0.3, -0.25) is 9.48 Å². The van der Waals surface area contributed by atoms with Crippen LogP contribution in [-0.4, -0.2) is 20.7 Å². The molecule has 0 bridgehead atoms. The highest BCUT2D eigenvalue weighted by molar-refractivity contribution is 7.10. The van der Waals surface area contributed by atoms with Gasteiger partial charge < -0.3 is 5.32 Å². The second kappa shape index (κ2) is 6.32. The van der Waals surface area contributed by atoms with Crippen molar-refractivity contribution >= 4 is 22.9 Å². The zero-order valence-corrected chi connectivity index (χ0v) is 14.1. The van der Waals surface area contributed by atoms with Gasteiger partial charge in [-0.1, -0.05) is 12.1 Å². The Morgan fingerprint density at radius 2 is 1.92 bits per heavy atom. The Labute approximate surface area is 145 Å². The van der Waals surface area contributed by atoms with Gasteiger partial charge in [0.15, 0.2) is 5.01 Å². The van der Waals surface area contributed by atoms with Crippen LogP contribution in [0, 0.1) is 6.92 Å². The van der Waals surface area contributed by atoms with E-state index in [2.05, 4.69) is 15.4 Å². The van der Waals surface area contributed by atoms with Crippen molar-refractivity contribution in [2.45, 2.75) is 13.1 Å². The molecule has 0 unspecified atom stereocenters. The molecule has 0 fully saturated rings. The first-order valence-electron chi connectivity index (χ1n) is 7.19. The Balaban J connectivity index is 1.77. The monoisotopic (exact) mass is 366 g/mol. The molecule has 0 spiro atoms. The lowest BCUT2D eigenvalue weighted by molar-refractivity contribution is -0.137. The highest BCUT2D eigenvalue weighted by atomic mass is 32.1. The highest BCUT2D eigenvalue weighted by Gasteiger charge is 2.34. The first-order chi connectivity index (χ1) is 11.8. The van der Waals surface area contributed by atoms with Crippen molar-refractivity contribution in [1.29, 1.82) is 0 Å². The number of anilines is 1. The molecular weight excluding hydrogens is 353 g/mol. The number of aromatic nitrogens is 3. The Kier molecular flexibility index (Phi) is 4.34. The third-order valence-corrected chi connectivity index (χ3v) is 4.41. The van der Waals surface area contributed by atoms with Crippen LogP contribution in [0.1, 0.15) is 21.1 Å². The number of hydrogen-bond acceptors (Lipinski definition) is 4. The normalized spacial score (nSPS) is 11.6. The number of carbonyl (C=O) groups excluding carboxylic acids is 1. The average molecular weight is 366 g/mol. The number of carbonyl (C=O) groups is 1. The number of nitrogens with one attached hydrogen (secondary N) is 1. The van der Waals surface area contributed by atoms with E-state index in [0.717, 1.165) is 5.56 Å². The van der Waals surface area contributed by atoms with Crippen molar-refractivity contribution in [3.63, 3.8) is 0 Å². The first kappa shape index (κ1) is 17.2. The van der Waals surface area contributed by atoms with Gasteiger partial charge in [0.2, 0.25) is 0 Å². The Morgan fingerprint density at radius 1 is 1.24 bits per heavy atom. The number of hydrogen-bond donors (Lipinski definition) is 1. The molecule has 3 aromatic rings. The largest absolute Gasteiger partial charge is 0.443 e. The SMILES string of the molecule is Cc1cnn(C)c1C(=O)Nc1ccc(-c2csc(C(F)(F)F)n2)cc1. The van der Waals surface area contributed by atoms with Crippen molar-refractivity contribution in [2.75, 3.05) is 5.32 Å². The number of rotatable bonds is 3. The van der Waals surface area contributed by atoms with Crippen molar-refractivity contribution in [2.24, 2.45) is 7.05 Å². The number of nitrogens with zero attached hydrogens (tertiary/aromatic N) is 3. The van der Waals surface area contributed by atoms with Crippen molar-refractivity contribution in [1.82, 2.24) is 14.8 Å². The summed E-state index contributed by atoms with van der Waals surface area (Å²) in [6.07, 6.45) is -2.85. The molecule has 0 saturated carbocycles. The molecule has 1 aromatic carbocycles. The molecule has 130 valence electrons. The van der Waals surface area contributed by atoms with Gasteiger partial charge in [-0.25, -0.2) is 4.98 Å². The van der Waals surface area contributed by atoms with Gasteiger partial charge in [-0.05, 0) is 24.6 Å². The molecule has 25 heavy (non-hydrogen) atoms. The molecule has 0 aliphatic heterocycles. The summed E-state index contributed by atoms with van der Waals surface area (Å²) in [6, 6.07) is 6.46. The number of aryl methyl sites for hydroxylation is 2. The van der Waals surface area contributed by atoms with Gasteiger partial charge in [0.1, 0.15) is 5.69 Å². The van der Waals surface area contributed by atoms with Crippen molar-refractivity contribution < 1.29 is 18.0 Å². The van der Waals surface area contributed by atoms with E-state index in [1.807, 2.05) is 0 Å². The zero-order chi connectivity index (χ0) is 18.2. The zero-order valence-electron chi connectivity index (χ0n) is 13.3. The lowest BCUT2D eigenvalue weighted by atomic mass is 10.1. The number of halogens is 3. The van der Waals surface area contributed by atoms with Crippen LogP contribution in [0.2, 0.25) is 0 Å². The minimum absolute atomic E-state index is 0.248. The minimum Gasteiger partial charge on any atom is -0.321 e. The quantitative estimate of drug-likeness (QED) is 0.758. The average Bonchev–Trinajstić information content (AvgIpc) is 3.15. The fourth-order valence-electron chi connectivity index (χ4n) is 2.32. The van der Waals surface area contributed by atoms with Gasteiger partial charge in [-0.15, -0.1) is 11.3 Å². The van der Waals surface area contributed by atoms with E-state index in [9.17, 15) is 18.0 Å².